The summed E-state index contributed by atoms with van der Waals surface area (Å²) < 4.78 is 0. The molecule has 1 atom stereocenters. The molecule has 1 aromatic rings. The van der Waals surface area contributed by atoms with Crippen LogP contribution < -0.4 is 15.9 Å². The molecular formula is C8H14N4O2S. The van der Waals surface area contributed by atoms with Crippen LogP contribution in [-0.4, -0.2) is 22.1 Å². The minimum absolute atomic E-state index is 0.0594. The van der Waals surface area contributed by atoms with Gasteiger partial charge in [0, 0.05) is 30.1 Å². The third kappa shape index (κ3) is 4.13. The van der Waals surface area contributed by atoms with Gasteiger partial charge in [-0.2, -0.15) is 0 Å². The maximum atomic E-state index is 10.8. The van der Waals surface area contributed by atoms with Crippen LogP contribution >= 0.6 is 11.3 Å². The number of amidine groups is 1. The average Bonchev–Trinajstić information content (AvgIpc) is 2.61. The number of aromatic nitrogens is 1. The quantitative estimate of drug-likeness (QED) is 0.248. The van der Waals surface area contributed by atoms with Crippen molar-refractivity contribution in [2.24, 2.45) is 10.9 Å². The van der Waals surface area contributed by atoms with Crippen molar-refractivity contribution >= 4 is 17.2 Å². The zero-order valence-electron chi connectivity index (χ0n) is 8.36. The fourth-order valence-corrected chi connectivity index (χ4v) is 1.69. The Morgan fingerprint density at radius 2 is 2.60 bits per heavy atom. The standard InChI is InChI=1S/C8H14N4O2S/c1-5(2-7(9)12-14)10-3-6-4-15-8(13)11-6/h4-5,10,14H,2-3H2,1H3,(H2,9,12)(H,11,13). The first kappa shape index (κ1) is 11.7. The number of nitrogens with zero attached hydrogens (tertiary/aromatic N) is 1. The first-order chi connectivity index (χ1) is 7.11. The van der Waals surface area contributed by atoms with E-state index in [4.69, 9.17) is 10.9 Å². The van der Waals surface area contributed by atoms with Gasteiger partial charge in [0.25, 0.3) is 0 Å². The molecule has 0 aromatic carbocycles. The summed E-state index contributed by atoms with van der Waals surface area (Å²) in [6.07, 6.45) is 0.463. The summed E-state index contributed by atoms with van der Waals surface area (Å²) in [6.45, 7) is 2.49. The van der Waals surface area contributed by atoms with Crippen LogP contribution in [0.2, 0.25) is 0 Å². The van der Waals surface area contributed by atoms with E-state index in [2.05, 4.69) is 15.5 Å². The summed E-state index contributed by atoms with van der Waals surface area (Å²) in [4.78, 5) is 13.5. The minimum Gasteiger partial charge on any atom is -0.409 e. The molecule has 1 aromatic heterocycles. The van der Waals surface area contributed by atoms with Gasteiger partial charge >= 0.3 is 4.87 Å². The topological polar surface area (TPSA) is 104 Å². The highest BCUT2D eigenvalue weighted by atomic mass is 32.1. The lowest BCUT2D eigenvalue weighted by molar-refractivity contribution is 0.316. The average molecular weight is 230 g/mol. The summed E-state index contributed by atoms with van der Waals surface area (Å²) >= 11 is 1.13. The third-order valence-electron chi connectivity index (χ3n) is 1.86. The molecule has 1 rings (SSSR count). The van der Waals surface area contributed by atoms with E-state index in [1.54, 1.807) is 5.38 Å². The third-order valence-corrected chi connectivity index (χ3v) is 2.57. The van der Waals surface area contributed by atoms with Gasteiger partial charge in [-0.3, -0.25) is 4.79 Å². The van der Waals surface area contributed by atoms with Gasteiger partial charge in [0.1, 0.15) is 5.84 Å². The largest absolute Gasteiger partial charge is 0.409 e. The molecule has 84 valence electrons. The number of hydrogen-bond acceptors (Lipinski definition) is 5. The van der Waals surface area contributed by atoms with Crippen LogP contribution in [0.5, 0.6) is 0 Å². The molecule has 1 unspecified atom stereocenters. The van der Waals surface area contributed by atoms with Gasteiger partial charge in [0.15, 0.2) is 0 Å². The molecular weight excluding hydrogens is 216 g/mol. The van der Waals surface area contributed by atoms with Gasteiger partial charge in [-0.25, -0.2) is 0 Å². The summed E-state index contributed by atoms with van der Waals surface area (Å²) in [5, 5.41) is 16.2. The monoisotopic (exact) mass is 230 g/mol. The normalized spacial score (nSPS) is 14.1. The van der Waals surface area contributed by atoms with E-state index in [0.717, 1.165) is 17.0 Å². The molecule has 5 N–H and O–H groups in total. The zero-order chi connectivity index (χ0) is 11.3. The van der Waals surface area contributed by atoms with Crippen LogP contribution in [0.1, 0.15) is 19.0 Å². The lowest BCUT2D eigenvalue weighted by atomic mass is 10.2. The number of rotatable bonds is 5. The van der Waals surface area contributed by atoms with Crippen molar-refractivity contribution in [3.05, 3.63) is 20.7 Å². The number of nitrogens with two attached hydrogens (primary N) is 1. The molecule has 6 nitrogen and oxygen atoms in total. The Labute approximate surface area is 90.8 Å². The molecule has 0 saturated carbocycles. The number of H-pyrrole nitrogens is 1. The Morgan fingerprint density at radius 3 is 3.13 bits per heavy atom. The molecule has 0 spiro atoms. The van der Waals surface area contributed by atoms with Crippen LogP contribution in [0.3, 0.4) is 0 Å². The van der Waals surface area contributed by atoms with Crippen LogP contribution in [0.4, 0.5) is 0 Å². The molecule has 0 radical (unpaired) electrons. The van der Waals surface area contributed by atoms with Crippen molar-refractivity contribution in [1.82, 2.24) is 10.3 Å². The van der Waals surface area contributed by atoms with Gasteiger partial charge in [0.2, 0.25) is 0 Å². The Balaban J connectivity index is 2.34. The molecule has 0 saturated heterocycles. The van der Waals surface area contributed by atoms with Crippen molar-refractivity contribution in [3.63, 3.8) is 0 Å². The predicted octanol–water partition coefficient (Wildman–Crippen LogP) is 0.0510. The van der Waals surface area contributed by atoms with E-state index >= 15 is 0 Å². The summed E-state index contributed by atoms with van der Waals surface area (Å²) in [5.41, 5.74) is 6.20. The molecule has 1 heterocycles. The minimum atomic E-state index is -0.0594. The number of oxime groups is 1. The van der Waals surface area contributed by atoms with Crippen LogP contribution in [0, 0.1) is 0 Å². The lowest BCUT2D eigenvalue weighted by Crippen LogP contribution is -2.30. The van der Waals surface area contributed by atoms with Crippen LogP contribution in [0.25, 0.3) is 0 Å². The second kappa shape index (κ2) is 5.52. The van der Waals surface area contributed by atoms with E-state index < -0.39 is 0 Å². The lowest BCUT2D eigenvalue weighted by Gasteiger charge is -2.11. The van der Waals surface area contributed by atoms with Crippen molar-refractivity contribution in [2.75, 3.05) is 0 Å². The number of nitrogens with one attached hydrogen (secondary N) is 2. The van der Waals surface area contributed by atoms with Crippen molar-refractivity contribution < 1.29 is 5.21 Å². The maximum absolute atomic E-state index is 10.8. The second-order valence-corrected chi connectivity index (χ2v) is 4.09. The molecule has 0 bridgehead atoms. The van der Waals surface area contributed by atoms with Gasteiger partial charge in [0.05, 0.1) is 0 Å². The number of aromatic amines is 1. The Bertz CT molecular complexity index is 384. The molecule has 0 aliphatic carbocycles. The number of hydrogen-bond donors (Lipinski definition) is 4. The van der Waals surface area contributed by atoms with E-state index in [-0.39, 0.29) is 16.8 Å². The molecule has 7 heteroatoms. The van der Waals surface area contributed by atoms with E-state index in [1.807, 2.05) is 6.92 Å². The predicted molar refractivity (Wildman–Crippen MR) is 59.3 cm³/mol. The highest BCUT2D eigenvalue weighted by Gasteiger charge is 2.05. The SMILES string of the molecule is CC(CC(N)=NO)NCc1csc(=O)[nH]1. The van der Waals surface area contributed by atoms with Crippen molar-refractivity contribution in [1.29, 1.82) is 0 Å². The van der Waals surface area contributed by atoms with Gasteiger partial charge in [-0.1, -0.05) is 16.5 Å². The second-order valence-electron chi connectivity index (χ2n) is 3.25. The fourth-order valence-electron chi connectivity index (χ4n) is 1.11. The fraction of sp³-hybridized carbons (Fsp3) is 0.500. The highest BCUT2D eigenvalue weighted by Crippen LogP contribution is 1.97. The molecule has 0 amide bonds. The van der Waals surface area contributed by atoms with Gasteiger partial charge < -0.3 is 21.2 Å². The number of thiazole rings is 1. The first-order valence-electron chi connectivity index (χ1n) is 4.48. The summed E-state index contributed by atoms with van der Waals surface area (Å²) in [7, 11) is 0. The molecule has 0 aliphatic heterocycles. The smallest absolute Gasteiger partial charge is 0.304 e. The first-order valence-corrected chi connectivity index (χ1v) is 5.36. The van der Waals surface area contributed by atoms with Gasteiger partial charge in [-0.05, 0) is 6.92 Å². The van der Waals surface area contributed by atoms with E-state index in [9.17, 15) is 4.79 Å². The Kier molecular flexibility index (Phi) is 4.32. The van der Waals surface area contributed by atoms with Crippen molar-refractivity contribution in [3.8, 4) is 0 Å². The zero-order valence-corrected chi connectivity index (χ0v) is 9.17. The molecule has 0 fully saturated rings. The van der Waals surface area contributed by atoms with Crippen LogP contribution in [0.15, 0.2) is 15.3 Å². The summed E-state index contributed by atoms with van der Waals surface area (Å²) in [6, 6.07) is 0.0873. The molecule has 0 aliphatic rings. The maximum Gasteiger partial charge on any atom is 0.304 e. The molecule has 15 heavy (non-hydrogen) atoms. The van der Waals surface area contributed by atoms with E-state index in [0.29, 0.717) is 13.0 Å². The Morgan fingerprint density at radius 1 is 1.87 bits per heavy atom. The summed E-state index contributed by atoms with van der Waals surface area (Å²) in [5.74, 6) is 0.189. The highest BCUT2D eigenvalue weighted by molar-refractivity contribution is 7.07. The van der Waals surface area contributed by atoms with E-state index in [1.165, 1.54) is 0 Å². The Hall–Kier alpha value is -1.34. The van der Waals surface area contributed by atoms with Crippen molar-refractivity contribution in [2.45, 2.75) is 25.9 Å². The van der Waals surface area contributed by atoms with Gasteiger partial charge in [-0.15, -0.1) is 0 Å². The van der Waals surface area contributed by atoms with Crippen LogP contribution in [-0.2, 0) is 6.54 Å².